The van der Waals surface area contributed by atoms with Gasteiger partial charge in [-0.05, 0) is 43.1 Å². The van der Waals surface area contributed by atoms with Crippen molar-refractivity contribution in [1.82, 2.24) is 4.90 Å². The van der Waals surface area contributed by atoms with Crippen molar-refractivity contribution in [2.24, 2.45) is 17.3 Å². The fraction of sp³-hybridized carbons (Fsp3) is 0.545. The summed E-state index contributed by atoms with van der Waals surface area (Å²) in [6.07, 6.45) is 8.27. The Morgan fingerprint density at radius 1 is 1.12 bits per heavy atom. The SMILES string of the molecule is CCCC(CC(=O)N1C[C@H]2CC=CC[C@H]2C1)(Cc1ccccc1)C(=O)O. The van der Waals surface area contributed by atoms with E-state index in [2.05, 4.69) is 12.2 Å². The minimum atomic E-state index is -1.01. The number of fused-ring (bicyclic) bond motifs is 1. The van der Waals surface area contributed by atoms with Crippen molar-refractivity contribution in [2.75, 3.05) is 13.1 Å². The minimum absolute atomic E-state index is 0.00572. The Labute approximate surface area is 155 Å². The van der Waals surface area contributed by atoms with Crippen molar-refractivity contribution in [3.63, 3.8) is 0 Å². The topological polar surface area (TPSA) is 57.6 Å². The Bertz CT molecular complexity index is 653. The lowest BCUT2D eigenvalue weighted by Gasteiger charge is -2.31. The average Bonchev–Trinajstić information content (AvgIpc) is 3.07. The van der Waals surface area contributed by atoms with Gasteiger partial charge >= 0.3 is 5.97 Å². The molecule has 3 atom stereocenters. The monoisotopic (exact) mass is 355 g/mol. The van der Waals surface area contributed by atoms with E-state index in [0.29, 0.717) is 24.7 Å². The summed E-state index contributed by atoms with van der Waals surface area (Å²) < 4.78 is 0. The van der Waals surface area contributed by atoms with Crippen LogP contribution in [-0.2, 0) is 16.0 Å². The van der Waals surface area contributed by atoms with E-state index >= 15 is 0 Å². The summed E-state index contributed by atoms with van der Waals surface area (Å²) in [7, 11) is 0. The van der Waals surface area contributed by atoms with Gasteiger partial charge in [0.25, 0.3) is 0 Å². The molecule has 4 heteroatoms. The number of carboxylic acid groups (broad SMARTS) is 1. The number of allylic oxidation sites excluding steroid dienone is 2. The number of benzene rings is 1. The number of carboxylic acids is 1. The minimum Gasteiger partial charge on any atom is -0.481 e. The molecule has 1 aromatic carbocycles. The van der Waals surface area contributed by atoms with Crippen LogP contribution in [0.4, 0.5) is 0 Å². The maximum Gasteiger partial charge on any atom is 0.310 e. The molecule has 1 fully saturated rings. The van der Waals surface area contributed by atoms with Crippen LogP contribution in [0.25, 0.3) is 0 Å². The lowest BCUT2D eigenvalue weighted by molar-refractivity contribution is -0.154. The van der Waals surface area contributed by atoms with E-state index in [9.17, 15) is 14.7 Å². The van der Waals surface area contributed by atoms with Gasteiger partial charge in [-0.1, -0.05) is 55.8 Å². The molecule has 2 aliphatic rings. The van der Waals surface area contributed by atoms with E-state index in [4.69, 9.17) is 0 Å². The van der Waals surface area contributed by atoms with Gasteiger partial charge in [-0.3, -0.25) is 9.59 Å². The van der Waals surface area contributed by atoms with Gasteiger partial charge in [0.15, 0.2) is 0 Å². The zero-order valence-corrected chi connectivity index (χ0v) is 15.6. The van der Waals surface area contributed by atoms with Crippen LogP contribution in [-0.4, -0.2) is 35.0 Å². The van der Waals surface area contributed by atoms with Crippen molar-refractivity contribution >= 4 is 11.9 Å². The molecule has 1 aromatic rings. The number of nitrogens with zero attached hydrogens (tertiary/aromatic N) is 1. The summed E-state index contributed by atoms with van der Waals surface area (Å²) in [5.41, 5.74) is -0.0328. The van der Waals surface area contributed by atoms with Crippen molar-refractivity contribution in [2.45, 2.75) is 45.4 Å². The van der Waals surface area contributed by atoms with Gasteiger partial charge in [-0.2, -0.15) is 0 Å². The van der Waals surface area contributed by atoms with Crippen LogP contribution in [0.5, 0.6) is 0 Å². The second-order valence-corrected chi connectivity index (χ2v) is 7.94. The average molecular weight is 355 g/mol. The lowest BCUT2D eigenvalue weighted by atomic mass is 9.75. The quantitative estimate of drug-likeness (QED) is 0.754. The summed E-state index contributed by atoms with van der Waals surface area (Å²) >= 11 is 0. The number of carbonyl (C=O) groups is 2. The van der Waals surface area contributed by atoms with Gasteiger partial charge in [-0.15, -0.1) is 0 Å². The van der Waals surface area contributed by atoms with Crippen LogP contribution in [0.3, 0.4) is 0 Å². The normalized spacial score (nSPS) is 24.1. The van der Waals surface area contributed by atoms with Gasteiger partial charge < -0.3 is 10.0 Å². The molecule has 1 unspecified atom stereocenters. The summed E-state index contributed by atoms with van der Waals surface area (Å²) in [6.45, 7) is 3.55. The molecule has 1 heterocycles. The van der Waals surface area contributed by atoms with Crippen LogP contribution < -0.4 is 0 Å². The Balaban J connectivity index is 1.74. The molecule has 0 bridgehead atoms. The van der Waals surface area contributed by atoms with E-state index in [1.165, 1.54) is 0 Å². The summed E-state index contributed by atoms with van der Waals surface area (Å²) in [6, 6.07) is 9.68. The van der Waals surface area contributed by atoms with E-state index in [0.717, 1.165) is 37.9 Å². The molecule has 1 aliphatic heterocycles. The molecular weight excluding hydrogens is 326 g/mol. The van der Waals surface area contributed by atoms with Gasteiger partial charge in [0.1, 0.15) is 0 Å². The smallest absolute Gasteiger partial charge is 0.310 e. The zero-order valence-electron chi connectivity index (χ0n) is 15.6. The Morgan fingerprint density at radius 2 is 1.73 bits per heavy atom. The third-order valence-corrected chi connectivity index (χ3v) is 6.03. The number of amides is 1. The van der Waals surface area contributed by atoms with E-state index in [1.54, 1.807) is 0 Å². The molecule has 1 amide bonds. The lowest BCUT2D eigenvalue weighted by Crippen LogP contribution is -2.40. The van der Waals surface area contributed by atoms with Gasteiger partial charge in [-0.25, -0.2) is 0 Å². The van der Waals surface area contributed by atoms with Crippen LogP contribution in [0.1, 0.15) is 44.6 Å². The summed E-state index contributed by atoms with van der Waals surface area (Å²) in [4.78, 5) is 27.2. The first-order chi connectivity index (χ1) is 12.5. The predicted molar refractivity (Wildman–Crippen MR) is 102 cm³/mol. The maximum atomic E-state index is 13.0. The van der Waals surface area contributed by atoms with Crippen molar-refractivity contribution in [1.29, 1.82) is 0 Å². The Kier molecular flexibility index (Phi) is 5.80. The highest BCUT2D eigenvalue weighted by atomic mass is 16.4. The number of hydrogen-bond donors (Lipinski definition) is 1. The molecule has 0 aromatic heterocycles. The fourth-order valence-electron chi connectivity index (χ4n) is 4.58. The first-order valence-electron chi connectivity index (χ1n) is 9.74. The number of aliphatic carboxylic acids is 1. The standard InChI is InChI=1S/C22H29NO3/c1-2-12-22(21(25)26,13-17-8-4-3-5-9-17)14-20(24)23-15-18-10-6-7-11-19(18)16-23/h3-9,18-19H,2,10-16H2,1H3,(H,25,26)/t18-,19+,22?. The highest BCUT2D eigenvalue weighted by Gasteiger charge is 2.43. The molecule has 1 aliphatic carbocycles. The second kappa shape index (κ2) is 8.07. The van der Waals surface area contributed by atoms with Crippen LogP contribution in [0.15, 0.2) is 42.5 Å². The third kappa shape index (κ3) is 4.00. The number of rotatable bonds is 7. The maximum absolute atomic E-state index is 13.0. The molecule has 4 nitrogen and oxygen atoms in total. The Morgan fingerprint density at radius 3 is 2.27 bits per heavy atom. The van der Waals surface area contributed by atoms with Crippen LogP contribution in [0, 0.1) is 17.3 Å². The largest absolute Gasteiger partial charge is 0.481 e. The molecule has 0 saturated carbocycles. The first-order valence-corrected chi connectivity index (χ1v) is 9.74. The molecule has 3 rings (SSSR count). The molecule has 1 N–H and O–H groups in total. The summed E-state index contributed by atoms with van der Waals surface area (Å²) in [5.74, 6) is 0.243. The molecule has 1 saturated heterocycles. The van der Waals surface area contributed by atoms with Crippen molar-refractivity contribution in [3.05, 3.63) is 48.0 Å². The second-order valence-electron chi connectivity index (χ2n) is 7.94. The van der Waals surface area contributed by atoms with Crippen molar-refractivity contribution < 1.29 is 14.7 Å². The predicted octanol–water partition coefficient (Wildman–Crippen LogP) is 3.91. The number of carbonyl (C=O) groups excluding carboxylic acids is 1. The number of hydrogen-bond acceptors (Lipinski definition) is 2. The molecule has 0 radical (unpaired) electrons. The van der Waals surface area contributed by atoms with Crippen LogP contribution in [0.2, 0.25) is 0 Å². The zero-order chi connectivity index (χ0) is 18.6. The number of likely N-dealkylation sites (tertiary alicyclic amines) is 1. The van der Waals surface area contributed by atoms with Gasteiger partial charge in [0, 0.05) is 19.5 Å². The highest BCUT2D eigenvalue weighted by Crippen LogP contribution is 2.37. The first kappa shape index (κ1) is 18.7. The van der Waals surface area contributed by atoms with Crippen molar-refractivity contribution in [3.8, 4) is 0 Å². The van der Waals surface area contributed by atoms with Gasteiger partial charge in [0.2, 0.25) is 5.91 Å². The molecule has 140 valence electrons. The summed E-state index contributed by atoms with van der Waals surface area (Å²) in [5, 5.41) is 10.0. The fourth-order valence-corrected chi connectivity index (χ4v) is 4.58. The molecule has 26 heavy (non-hydrogen) atoms. The van der Waals surface area contributed by atoms with E-state index < -0.39 is 11.4 Å². The highest BCUT2D eigenvalue weighted by molar-refractivity contribution is 5.85. The third-order valence-electron chi connectivity index (χ3n) is 6.03. The van der Waals surface area contributed by atoms with Crippen LogP contribution >= 0.6 is 0 Å². The molecule has 0 spiro atoms. The molecular formula is C22H29NO3. The van der Waals surface area contributed by atoms with E-state index in [1.807, 2.05) is 42.2 Å². The van der Waals surface area contributed by atoms with Gasteiger partial charge in [0.05, 0.1) is 5.41 Å². The van der Waals surface area contributed by atoms with E-state index in [-0.39, 0.29) is 12.3 Å². The Hall–Kier alpha value is -2.10.